The summed E-state index contributed by atoms with van der Waals surface area (Å²) in [7, 11) is 0. The zero-order valence-electron chi connectivity index (χ0n) is 14.9. The first-order valence-electron chi connectivity index (χ1n) is 8.65. The van der Waals surface area contributed by atoms with Gasteiger partial charge in [-0.15, -0.1) is 5.10 Å². The van der Waals surface area contributed by atoms with E-state index in [9.17, 15) is 10.1 Å². The molecule has 8 heteroatoms. The van der Waals surface area contributed by atoms with Gasteiger partial charge in [-0.2, -0.15) is 0 Å². The fourth-order valence-electron chi connectivity index (χ4n) is 3.32. The molecular weight excluding hydrogens is 320 g/mol. The van der Waals surface area contributed by atoms with Gasteiger partial charge >= 0.3 is 0 Å². The molecule has 1 aromatic carbocycles. The summed E-state index contributed by atoms with van der Waals surface area (Å²) >= 11 is 0. The standard InChI is InChI=1S/C17H24N6O2/c1-17(2,3)22-16(18-19-20-22)15(21-11-5-4-6-12-21)13-7-9-14(10-8-13)23(24)25/h7-10,15H,4-6,11-12H2,1-3H3/t15-/m0/s1. The lowest BCUT2D eigenvalue weighted by Gasteiger charge is -2.35. The van der Waals surface area contributed by atoms with Crippen LogP contribution in [0.4, 0.5) is 5.69 Å². The second kappa shape index (κ2) is 6.87. The monoisotopic (exact) mass is 344 g/mol. The number of tetrazole rings is 1. The van der Waals surface area contributed by atoms with Crippen molar-refractivity contribution in [2.75, 3.05) is 13.1 Å². The summed E-state index contributed by atoms with van der Waals surface area (Å²) in [6.07, 6.45) is 3.51. The van der Waals surface area contributed by atoms with Gasteiger partial charge in [-0.05, 0) is 62.7 Å². The lowest BCUT2D eigenvalue weighted by molar-refractivity contribution is -0.384. The average molecular weight is 344 g/mol. The van der Waals surface area contributed by atoms with Gasteiger partial charge in [-0.25, -0.2) is 4.68 Å². The smallest absolute Gasteiger partial charge is 0.269 e. The molecule has 0 bridgehead atoms. The van der Waals surface area contributed by atoms with E-state index in [0.717, 1.165) is 37.3 Å². The summed E-state index contributed by atoms with van der Waals surface area (Å²) in [5.41, 5.74) is 0.831. The summed E-state index contributed by atoms with van der Waals surface area (Å²) in [5.74, 6) is 0.781. The van der Waals surface area contributed by atoms with Crippen LogP contribution in [0.5, 0.6) is 0 Å². The van der Waals surface area contributed by atoms with Crippen LogP contribution in [0.3, 0.4) is 0 Å². The molecule has 8 nitrogen and oxygen atoms in total. The van der Waals surface area contributed by atoms with Crippen LogP contribution in [0.15, 0.2) is 24.3 Å². The molecule has 1 atom stereocenters. The molecule has 1 fully saturated rings. The Morgan fingerprint density at radius 2 is 1.76 bits per heavy atom. The predicted molar refractivity (Wildman–Crippen MR) is 93.2 cm³/mol. The zero-order valence-corrected chi connectivity index (χ0v) is 14.9. The summed E-state index contributed by atoms with van der Waals surface area (Å²) in [6.45, 7) is 8.14. The lowest BCUT2D eigenvalue weighted by atomic mass is 9.99. The van der Waals surface area contributed by atoms with Crippen molar-refractivity contribution in [3.63, 3.8) is 0 Å². The Hall–Kier alpha value is -2.35. The van der Waals surface area contributed by atoms with Crippen LogP contribution >= 0.6 is 0 Å². The number of nitro benzene ring substituents is 1. The molecule has 1 aliphatic heterocycles. The molecule has 25 heavy (non-hydrogen) atoms. The van der Waals surface area contributed by atoms with Crippen molar-refractivity contribution in [3.8, 4) is 0 Å². The van der Waals surface area contributed by atoms with Crippen LogP contribution in [0, 0.1) is 10.1 Å². The molecular formula is C17H24N6O2. The molecule has 1 aliphatic rings. The van der Waals surface area contributed by atoms with Crippen LogP contribution in [-0.4, -0.2) is 43.1 Å². The second-order valence-electron chi connectivity index (χ2n) is 7.47. The number of rotatable bonds is 4. The number of nitrogens with zero attached hydrogens (tertiary/aromatic N) is 6. The number of nitro groups is 1. The minimum absolute atomic E-state index is 0.0940. The van der Waals surface area contributed by atoms with E-state index >= 15 is 0 Å². The fraction of sp³-hybridized carbons (Fsp3) is 0.588. The van der Waals surface area contributed by atoms with Crippen molar-refractivity contribution in [2.24, 2.45) is 0 Å². The van der Waals surface area contributed by atoms with E-state index < -0.39 is 0 Å². The lowest BCUT2D eigenvalue weighted by Crippen LogP contribution is -2.38. The van der Waals surface area contributed by atoms with E-state index in [1.165, 1.54) is 6.42 Å². The van der Waals surface area contributed by atoms with Gasteiger partial charge in [0.2, 0.25) is 0 Å². The summed E-state index contributed by atoms with van der Waals surface area (Å²) in [5, 5.41) is 23.4. The van der Waals surface area contributed by atoms with E-state index in [1.807, 2.05) is 16.8 Å². The van der Waals surface area contributed by atoms with Crippen LogP contribution in [0.25, 0.3) is 0 Å². The Labute approximate surface area is 147 Å². The molecule has 0 N–H and O–H groups in total. The molecule has 2 aromatic rings. The third-order valence-electron chi connectivity index (χ3n) is 4.55. The molecule has 0 aliphatic carbocycles. The largest absolute Gasteiger partial charge is 0.290 e. The number of aromatic nitrogens is 4. The Balaban J connectivity index is 2.04. The minimum Gasteiger partial charge on any atom is -0.290 e. The maximum absolute atomic E-state index is 11.0. The third kappa shape index (κ3) is 3.68. The highest BCUT2D eigenvalue weighted by molar-refractivity contribution is 5.36. The fourth-order valence-corrected chi connectivity index (χ4v) is 3.32. The van der Waals surface area contributed by atoms with Gasteiger partial charge in [0, 0.05) is 12.1 Å². The summed E-state index contributed by atoms with van der Waals surface area (Å²) in [6, 6.07) is 6.64. The van der Waals surface area contributed by atoms with E-state index in [4.69, 9.17) is 0 Å². The van der Waals surface area contributed by atoms with Crippen LogP contribution in [0.2, 0.25) is 0 Å². The third-order valence-corrected chi connectivity index (χ3v) is 4.55. The molecule has 2 heterocycles. The molecule has 134 valence electrons. The molecule has 1 aromatic heterocycles. The normalized spacial score (nSPS) is 17.4. The molecule has 0 saturated carbocycles. The summed E-state index contributed by atoms with van der Waals surface area (Å²) in [4.78, 5) is 13.0. The van der Waals surface area contributed by atoms with Crippen LogP contribution in [-0.2, 0) is 5.54 Å². The van der Waals surface area contributed by atoms with E-state index in [-0.39, 0.29) is 22.2 Å². The predicted octanol–water partition coefficient (Wildman–Crippen LogP) is 2.91. The SMILES string of the molecule is CC(C)(C)n1nnnc1[C@H](c1ccc([N+](=O)[O-])cc1)N1CCCCC1. The highest BCUT2D eigenvalue weighted by Gasteiger charge is 2.32. The number of hydrogen-bond donors (Lipinski definition) is 0. The van der Waals surface area contributed by atoms with Crippen molar-refractivity contribution in [1.29, 1.82) is 0 Å². The van der Waals surface area contributed by atoms with Gasteiger partial charge < -0.3 is 0 Å². The topological polar surface area (TPSA) is 90.0 Å². The van der Waals surface area contributed by atoms with Crippen LogP contribution < -0.4 is 0 Å². The van der Waals surface area contributed by atoms with Crippen molar-refractivity contribution >= 4 is 5.69 Å². The van der Waals surface area contributed by atoms with Crippen molar-refractivity contribution in [3.05, 3.63) is 45.8 Å². The van der Waals surface area contributed by atoms with Crippen molar-refractivity contribution < 1.29 is 4.92 Å². The zero-order chi connectivity index (χ0) is 18.0. The Morgan fingerprint density at radius 1 is 1.12 bits per heavy atom. The highest BCUT2D eigenvalue weighted by Crippen LogP contribution is 2.32. The Morgan fingerprint density at radius 3 is 2.32 bits per heavy atom. The highest BCUT2D eigenvalue weighted by atomic mass is 16.6. The van der Waals surface area contributed by atoms with E-state index in [1.54, 1.807) is 12.1 Å². The molecule has 3 rings (SSSR count). The quantitative estimate of drug-likeness (QED) is 0.626. The molecule has 0 amide bonds. The molecule has 0 spiro atoms. The number of likely N-dealkylation sites (tertiary alicyclic amines) is 1. The first kappa shape index (κ1) is 17.5. The number of non-ortho nitro benzene ring substituents is 1. The van der Waals surface area contributed by atoms with E-state index in [0.29, 0.717) is 0 Å². The van der Waals surface area contributed by atoms with Crippen LogP contribution in [0.1, 0.15) is 57.5 Å². The first-order chi connectivity index (χ1) is 11.9. The van der Waals surface area contributed by atoms with Gasteiger partial charge in [0.1, 0.15) is 0 Å². The Bertz CT molecular complexity index is 728. The van der Waals surface area contributed by atoms with Gasteiger partial charge in [0.15, 0.2) is 5.82 Å². The molecule has 1 saturated heterocycles. The molecule has 0 radical (unpaired) electrons. The van der Waals surface area contributed by atoms with Gasteiger partial charge in [-0.1, -0.05) is 18.6 Å². The summed E-state index contributed by atoms with van der Waals surface area (Å²) < 4.78 is 1.85. The van der Waals surface area contributed by atoms with Crippen molar-refractivity contribution in [2.45, 2.75) is 51.6 Å². The second-order valence-corrected chi connectivity index (χ2v) is 7.47. The van der Waals surface area contributed by atoms with Crippen molar-refractivity contribution in [1.82, 2.24) is 25.1 Å². The first-order valence-corrected chi connectivity index (χ1v) is 8.65. The molecule has 0 unspecified atom stereocenters. The average Bonchev–Trinajstić information content (AvgIpc) is 3.06. The van der Waals surface area contributed by atoms with Gasteiger partial charge in [-0.3, -0.25) is 15.0 Å². The minimum atomic E-state index is -0.376. The maximum atomic E-state index is 11.0. The number of benzene rings is 1. The van der Waals surface area contributed by atoms with E-state index in [2.05, 4.69) is 41.2 Å². The van der Waals surface area contributed by atoms with Gasteiger partial charge in [0.05, 0.1) is 16.5 Å². The Kier molecular flexibility index (Phi) is 4.80. The number of piperidine rings is 1. The maximum Gasteiger partial charge on any atom is 0.269 e. The number of hydrogen-bond acceptors (Lipinski definition) is 6. The van der Waals surface area contributed by atoms with Gasteiger partial charge in [0.25, 0.3) is 5.69 Å².